The minimum Gasteiger partial charge on any atom is -0.507 e. The van der Waals surface area contributed by atoms with Gasteiger partial charge >= 0.3 is 5.97 Å². The number of aromatic hydroxyl groups is 1. The molecule has 5 nitrogen and oxygen atoms in total. The fourth-order valence-corrected chi connectivity index (χ4v) is 3.69. The van der Waals surface area contributed by atoms with E-state index in [-0.39, 0.29) is 17.1 Å². The number of thioether (sulfide) groups is 1. The van der Waals surface area contributed by atoms with E-state index in [1.807, 2.05) is 6.92 Å². The van der Waals surface area contributed by atoms with Gasteiger partial charge in [-0.25, -0.2) is 9.79 Å². The SMILES string of the molecule is COC(=O)C1=C(O)/C(=C\c2cc(C)ccc2O)SC1=Nc1cccc(Cl)c1. The molecule has 3 rings (SSSR count). The van der Waals surface area contributed by atoms with Crippen LogP contribution < -0.4 is 0 Å². The van der Waals surface area contributed by atoms with E-state index in [9.17, 15) is 15.0 Å². The molecule has 2 N–H and O–H groups in total. The lowest BCUT2D eigenvalue weighted by Crippen LogP contribution is -2.10. The van der Waals surface area contributed by atoms with Crippen LogP contribution in [0.2, 0.25) is 5.02 Å². The lowest BCUT2D eigenvalue weighted by molar-refractivity contribution is -0.135. The number of esters is 1. The predicted molar refractivity (Wildman–Crippen MR) is 109 cm³/mol. The van der Waals surface area contributed by atoms with Gasteiger partial charge in [-0.3, -0.25) is 0 Å². The first-order valence-electron chi connectivity index (χ1n) is 7.94. The van der Waals surface area contributed by atoms with E-state index in [1.54, 1.807) is 48.5 Å². The molecule has 0 saturated carbocycles. The molecular formula is C20H16ClNO4S. The quantitative estimate of drug-likeness (QED) is 0.694. The van der Waals surface area contributed by atoms with Crippen LogP contribution >= 0.6 is 23.4 Å². The van der Waals surface area contributed by atoms with Crippen LogP contribution in [0.1, 0.15) is 11.1 Å². The molecule has 0 unspecified atom stereocenters. The second kappa shape index (κ2) is 7.90. The van der Waals surface area contributed by atoms with Gasteiger partial charge in [0.25, 0.3) is 0 Å². The van der Waals surface area contributed by atoms with Crippen molar-refractivity contribution in [1.82, 2.24) is 0 Å². The normalized spacial score (nSPS) is 17.0. The van der Waals surface area contributed by atoms with Gasteiger partial charge in [0.05, 0.1) is 17.7 Å². The Hall–Kier alpha value is -2.70. The van der Waals surface area contributed by atoms with Crippen LogP contribution in [0.5, 0.6) is 5.75 Å². The first kappa shape index (κ1) is 19.1. The number of aliphatic hydroxyl groups is 1. The number of rotatable bonds is 3. The molecule has 138 valence electrons. The molecule has 0 bridgehead atoms. The molecule has 0 spiro atoms. The Morgan fingerprint density at radius 1 is 1.22 bits per heavy atom. The minimum atomic E-state index is -0.697. The molecule has 0 amide bonds. The first-order chi connectivity index (χ1) is 12.9. The number of methoxy groups -OCH3 is 1. The third kappa shape index (κ3) is 4.18. The van der Waals surface area contributed by atoms with Gasteiger partial charge in [0.15, 0.2) is 0 Å². The van der Waals surface area contributed by atoms with Gasteiger partial charge < -0.3 is 14.9 Å². The molecule has 0 saturated heterocycles. The number of carbonyl (C=O) groups is 1. The molecule has 0 radical (unpaired) electrons. The fraction of sp³-hybridized carbons (Fsp3) is 0.100. The zero-order valence-corrected chi connectivity index (χ0v) is 16.1. The van der Waals surface area contributed by atoms with Crippen LogP contribution in [0.15, 0.2) is 63.7 Å². The number of benzene rings is 2. The molecule has 2 aromatic carbocycles. The van der Waals surface area contributed by atoms with Crippen LogP contribution in [-0.4, -0.2) is 28.3 Å². The fourth-order valence-electron chi connectivity index (χ4n) is 2.48. The topological polar surface area (TPSA) is 79.1 Å². The lowest BCUT2D eigenvalue weighted by atomic mass is 10.1. The summed E-state index contributed by atoms with van der Waals surface area (Å²) < 4.78 is 4.78. The van der Waals surface area contributed by atoms with Gasteiger partial charge in [0, 0.05) is 10.6 Å². The Morgan fingerprint density at radius 3 is 2.70 bits per heavy atom. The standard InChI is InChI=1S/C20H16ClNO4S/c1-11-6-7-15(23)12(8-11)9-16-18(24)17(20(25)26-2)19(27-16)22-14-5-3-4-13(21)10-14/h3-10,23-24H,1-2H3/b16-9+,22-19?. The highest BCUT2D eigenvalue weighted by molar-refractivity contribution is 8.18. The van der Waals surface area contributed by atoms with E-state index in [4.69, 9.17) is 16.3 Å². The number of hydrogen-bond acceptors (Lipinski definition) is 6. The van der Waals surface area contributed by atoms with Crippen molar-refractivity contribution >= 4 is 46.1 Å². The van der Waals surface area contributed by atoms with Crippen LogP contribution in [0.4, 0.5) is 5.69 Å². The summed E-state index contributed by atoms with van der Waals surface area (Å²) in [5, 5.41) is 21.4. The zero-order valence-electron chi connectivity index (χ0n) is 14.6. The Kier molecular flexibility index (Phi) is 5.58. The van der Waals surface area contributed by atoms with E-state index >= 15 is 0 Å². The molecule has 1 heterocycles. The largest absolute Gasteiger partial charge is 0.507 e. The highest BCUT2D eigenvalue weighted by Crippen LogP contribution is 2.41. The molecule has 1 aliphatic rings. The number of phenolic OH excluding ortho intramolecular Hbond substituents is 1. The van der Waals surface area contributed by atoms with E-state index in [1.165, 1.54) is 7.11 Å². The maximum Gasteiger partial charge on any atom is 0.344 e. The van der Waals surface area contributed by atoms with Gasteiger partial charge in [0.2, 0.25) is 0 Å². The van der Waals surface area contributed by atoms with Gasteiger partial charge in [-0.2, -0.15) is 0 Å². The van der Waals surface area contributed by atoms with Crippen molar-refractivity contribution in [2.24, 2.45) is 4.99 Å². The number of hydrogen-bond donors (Lipinski definition) is 2. The average molecular weight is 402 g/mol. The maximum absolute atomic E-state index is 12.2. The van der Waals surface area contributed by atoms with Crippen molar-refractivity contribution < 1.29 is 19.7 Å². The minimum absolute atomic E-state index is 0.0270. The molecule has 0 aliphatic carbocycles. The number of aliphatic imine (C=N–C) groups is 1. The third-order valence-corrected chi connectivity index (χ3v) is 5.04. The highest BCUT2D eigenvalue weighted by atomic mass is 35.5. The smallest absolute Gasteiger partial charge is 0.344 e. The van der Waals surface area contributed by atoms with Crippen molar-refractivity contribution in [3.05, 3.63) is 74.9 Å². The highest BCUT2D eigenvalue weighted by Gasteiger charge is 2.33. The molecule has 0 aromatic heterocycles. The molecule has 27 heavy (non-hydrogen) atoms. The summed E-state index contributed by atoms with van der Waals surface area (Å²) in [5.74, 6) is -0.868. The van der Waals surface area contributed by atoms with E-state index in [0.717, 1.165) is 17.3 Å². The Labute approximate surface area is 165 Å². The molecule has 0 fully saturated rings. The van der Waals surface area contributed by atoms with Crippen LogP contribution in [-0.2, 0) is 9.53 Å². The monoisotopic (exact) mass is 401 g/mol. The summed E-state index contributed by atoms with van der Waals surface area (Å²) in [4.78, 5) is 17.0. The second-order valence-corrected chi connectivity index (χ2v) is 7.25. The first-order valence-corrected chi connectivity index (χ1v) is 9.14. The number of nitrogens with zero attached hydrogens (tertiary/aromatic N) is 1. The summed E-state index contributed by atoms with van der Waals surface area (Å²) in [6.07, 6.45) is 1.60. The summed E-state index contributed by atoms with van der Waals surface area (Å²) in [6.45, 7) is 1.89. The predicted octanol–water partition coefficient (Wildman–Crippen LogP) is 5.16. The maximum atomic E-state index is 12.2. The average Bonchev–Trinajstić information content (AvgIpc) is 2.93. The summed E-state index contributed by atoms with van der Waals surface area (Å²) in [6, 6.07) is 12.0. The molecule has 2 aromatic rings. The molecule has 0 atom stereocenters. The Bertz CT molecular complexity index is 1010. The van der Waals surface area contributed by atoms with Gasteiger partial charge in [-0.15, -0.1) is 0 Å². The van der Waals surface area contributed by atoms with Crippen molar-refractivity contribution in [2.45, 2.75) is 6.92 Å². The lowest BCUT2D eigenvalue weighted by Gasteiger charge is -2.03. The third-order valence-electron chi connectivity index (χ3n) is 3.79. The Morgan fingerprint density at radius 2 is 2.00 bits per heavy atom. The summed E-state index contributed by atoms with van der Waals surface area (Å²) >= 11 is 7.10. The summed E-state index contributed by atoms with van der Waals surface area (Å²) in [5.41, 5.74) is 1.99. The number of carbonyl (C=O) groups excluding carboxylic acids is 1. The van der Waals surface area contributed by atoms with Crippen molar-refractivity contribution in [3.63, 3.8) is 0 Å². The molecule has 1 aliphatic heterocycles. The Balaban J connectivity index is 2.09. The van der Waals surface area contributed by atoms with Crippen molar-refractivity contribution in [2.75, 3.05) is 7.11 Å². The van der Waals surface area contributed by atoms with E-state index in [2.05, 4.69) is 4.99 Å². The number of aryl methyl sites for hydroxylation is 1. The van der Waals surface area contributed by atoms with Gasteiger partial charge in [-0.1, -0.05) is 41.1 Å². The van der Waals surface area contributed by atoms with Crippen LogP contribution in [0.25, 0.3) is 6.08 Å². The molecule has 7 heteroatoms. The van der Waals surface area contributed by atoms with Crippen molar-refractivity contribution in [1.29, 1.82) is 0 Å². The van der Waals surface area contributed by atoms with Crippen LogP contribution in [0.3, 0.4) is 0 Å². The van der Waals surface area contributed by atoms with E-state index < -0.39 is 5.97 Å². The van der Waals surface area contributed by atoms with Gasteiger partial charge in [0.1, 0.15) is 22.1 Å². The second-order valence-electron chi connectivity index (χ2n) is 5.78. The number of ether oxygens (including phenoxy) is 1. The molecular weight excluding hydrogens is 386 g/mol. The number of phenols is 1. The summed E-state index contributed by atoms with van der Waals surface area (Å²) in [7, 11) is 1.23. The van der Waals surface area contributed by atoms with Gasteiger partial charge in [-0.05, 0) is 43.3 Å². The zero-order chi connectivity index (χ0) is 19.6. The van der Waals surface area contributed by atoms with Crippen molar-refractivity contribution in [3.8, 4) is 5.75 Å². The van der Waals surface area contributed by atoms with Crippen LogP contribution in [0, 0.1) is 6.92 Å². The van der Waals surface area contributed by atoms with E-state index in [0.29, 0.717) is 26.2 Å². The number of halogens is 1. The number of aliphatic hydroxyl groups excluding tert-OH is 1.